The molecule has 2 rings (SSSR count). The van der Waals surface area contributed by atoms with E-state index < -0.39 is 6.04 Å². The van der Waals surface area contributed by atoms with Gasteiger partial charge in [-0.2, -0.15) is 0 Å². The molecule has 136 valence electrons. The molecule has 0 aliphatic carbocycles. The molecule has 0 bridgehead atoms. The summed E-state index contributed by atoms with van der Waals surface area (Å²) in [4.78, 5) is 31.9. The Labute approximate surface area is 152 Å². The van der Waals surface area contributed by atoms with Crippen molar-refractivity contribution in [1.29, 1.82) is 0 Å². The van der Waals surface area contributed by atoms with Crippen molar-refractivity contribution in [3.8, 4) is 0 Å². The largest absolute Gasteiger partial charge is 0.344 e. The third-order valence-electron chi connectivity index (χ3n) is 3.60. The zero-order valence-electron chi connectivity index (χ0n) is 14.9. The number of carbonyl (C=O) groups excluding carboxylic acids is 2. The zero-order valence-corrected chi connectivity index (χ0v) is 14.9. The molecule has 1 aromatic heterocycles. The molecule has 2 aromatic rings. The average molecular weight is 353 g/mol. The van der Waals surface area contributed by atoms with E-state index in [1.807, 2.05) is 43.3 Å². The third-order valence-corrected chi connectivity index (χ3v) is 3.60. The number of pyridine rings is 1. The summed E-state index contributed by atoms with van der Waals surface area (Å²) in [6.45, 7) is 3.84. The highest BCUT2D eigenvalue weighted by atomic mass is 16.2. The van der Waals surface area contributed by atoms with E-state index in [0.717, 1.165) is 16.7 Å². The van der Waals surface area contributed by atoms with Gasteiger partial charge >= 0.3 is 0 Å². The minimum atomic E-state index is -0.672. The number of nitrogens with one attached hydrogen (secondary N) is 3. The maximum Gasteiger partial charge on any atom is 0.261 e. The molecule has 0 unspecified atom stereocenters. The molecule has 26 heavy (non-hydrogen) atoms. The SMILES string of the molecule is CC(=O)N[C@@H](Cc1ccc(C)cc1)C(=O)NNC=NCc1cccnc1. The molecule has 0 aliphatic rings. The van der Waals surface area contributed by atoms with Gasteiger partial charge in [-0.05, 0) is 24.1 Å². The molecule has 7 heteroatoms. The van der Waals surface area contributed by atoms with Crippen LogP contribution in [-0.2, 0) is 22.6 Å². The number of aryl methyl sites for hydroxylation is 1. The first-order valence-corrected chi connectivity index (χ1v) is 8.30. The van der Waals surface area contributed by atoms with Gasteiger partial charge in [-0.1, -0.05) is 35.9 Å². The fourth-order valence-electron chi connectivity index (χ4n) is 2.29. The number of aromatic nitrogens is 1. The van der Waals surface area contributed by atoms with E-state index in [2.05, 4.69) is 26.1 Å². The van der Waals surface area contributed by atoms with Gasteiger partial charge in [-0.25, -0.2) is 0 Å². The summed E-state index contributed by atoms with van der Waals surface area (Å²) in [5.41, 5.74) is 8.25. The van der Waals surface area contributed by atoms with E-state index in [1.165, 1.54) is 13.3 Å². The molecule has 0 fully saturated rings. The number of hydrogen-bond donors (Lipinski definition) is 3. The van der Waals surface area contributed by atoms with Crippen LogP contribution >= 0.6 is 0 Å². The van der Waals surface area contributed by atoms with Crippen LogP contribution in [0.5, 0.6) is 0 Å². The van der Waals surface area contributed by atoms with Gasteiger partial charge in [0.25, 0.3) is 5.91 Å². The highest BCUT2D eigenvalue weighted by Gasteiger charge is 2.19. The Morgan fingerprint density at radius 3 is 2.62 bits per heavy atom. The van der Waals surface area contributed by atoms with Crippen molar-refractivity contribution in [1.82, 2.24) is 21.2 Å². The van der Waals surface area contributed by atoms with Crippen molar-refractivity contribution in [3.63, 3.8) is 0 Å². The Morgan fingerprint density at radius 2 is 1.96 bits per heavy atom. The lowest BCUT2D eigenvalue weighted by Crippen LogP contribution is -2.51. The van der Waals surface area contributed by atoms with Crippen molar-refractivity contribution in [3.05, 3.63) is 65.5 Å². The Morgan fingerprint density at radius 1 is 1.19 bits per heavy atom. The van der Waals surface area contributed by atoms with E-state index in [9.17, 15) is 9.59 Å². The molecule has 0 spiro atoms. The van der Waals surface area contributed by atoms with Crippen LogP contribution in [0.2, 0.25) is 0 Å². The molecule has 0 aliphatic heterocycles. The van der Waals surface area contributed by atoms with Gasteiger partial charge in [-0.15, -0.1) is 0 Å². The Balaban J connectivity index is 1.85. The monoisotopic (exact) mass is 353 g/mol. The zero-order chi connectivity index (χ0) is 18.8. The van der Waals surface area contributed by atoms with Crippen LogP contribution in [0.4, 0.5) is 0 Å². The summed E-state index contributed by atoms with van der Waals surface area (Å²) in [5.74, 6) is -0.601. The molecule has 0 saturated carbocycles. The number of aliphatic imine (C=N–C) groups is 1. The van der Waals surface area contributed by atoms with Crippen molar-refractivity contribution < 1.29 is 9.59 Å². The first-order chi connectivity index (χ1) is 12.5. The van der Waals surface area contributed by atoms with Crippen LogP contribution in [-0.4, -0.2) is 29.2 Å². The number of benzene rings is 1. The smallest absolute Gasteiger partial charge is 0.261 e. The van der Waals surface area contributed by atoms with Crippen LogP contribution < -0.4 is 16.2 Å². The summed E-state index contributed by atoms with van der Waals surface area (Å²) in [6.07, 6.45) is 5.23. The fraction of sp³-hybridized carbons (Fsp3) is 0.263. The summed E-state index contributed by atoms with van der Waals surface area (Å²) >= 11 is 0. The Bertz CT molecular complexity index is 744. The number of amides is 2. The van der Waals surface area contributed by atoms with Gasteiger partial charge in [0, 0.05) is 25.7 Å². The maximum atomic E-state index is 12.3. The van der Waals surface area contributed by atoms with Crippen LogP contribution in [0, 0.1) is 6.92 Å². The highest BCUT2D eigenvalue weighted by Crippen LogP contribution is 2.06. The van der Waals surface area contributed by atoms with Gasteiger partial charge in [0.15, 0.2) is 0 Å². The maximum absolute atomic E-state index is 12.3. The number of rotatable bonds is 8. The summed E-state index contributed by atoms with van der Waals surface area (Å²) in [6, 6.07) is 10.9. The van der Waals surface area contributed by atoms with E-state index in [-0.39, 0.29) is 11.8 Å². The first-order valence-electron chi connectivity index (χ1n) is 8.30. The predicted octanol–water partition coefficient (Wildman–Crippen LogP) is 1.29. The predicted molar refractivity (Wildman–Crippen MR) is 100 cm³/mol. The quantitative estimate of drug-likeness (QED) is 0.378. The molecule has 3 N–H and O–H groups in total. The average Bonchev–Trinajstić information content (AvgIpc) is 2.63. The number of hydrogen-bond acceptors (Lipinski definition) is 4. The van der Waals surface area contributed by atoms with E-state index in [0.29, 0.717) is 13.0 Å². The van der Waals surface area contributed by atoms with E-state index >= 15 is 0 Å². The second-order valence-electron chi connectivity index (χ2n) is 5.91. The van der Waals surface area contributed by atoms with Crippen LogP contribution in [0.25, 0.3) is 0 Å². The summed E-state index contributed by atoms with van der Waals surface area (Å²) < 4.78 is 0. The van der Waals surface area contributed by atoms with Gasteiger partial charge in [0.2, 0.25) is 5.91 Å². The van der Waals surface area contributed by atoms with Crippen molar-refractivity contribution in [2.45, 2.75) is 32.9 Å². The van der Waals surface area contributed by atoms with E-state index in [4.69, 9.17) is 0 Å². The molecule has 0 saturated heterocycles. The van der Waals surface area contributed by atoms with Crippen molar-refractivity contribution in [2.75, 3.05) is 0 Å². The van der Waals surface area contributed by atoms with Crippen molar-refractivity contribution in [2.24, 2.45) is 4.99 Å². The second kappa shape index (κ2) is 9.93. The normalized spacial score (nSPS) is 11.8. The lowest BCUT2D eigenvalue weighted by Gasteiger charge is -2.17. The number of hydrazine groups is 1. The van der Waals surface area contributed by atoms with Crippen LogP contribution in [0.15, 0.2) is 53.8 Å². The molecule has 2 amide bonds. The molecule has 1 aromatic carbocycles. The van der Waals surface area contributed by atoms with Gasteiger partial charge in [0.1, 0.15) is 12.4 Å². The molecule has 7 nitrogen and oxygen atoms in total. The molecular weight excluding hydrogens is 330 g/mol. The molecule has 1 atom stereocenters. The number of carbonyl (C=O) groups is 2. The Hall–Kier alpha value is -3.22. The second-order valence-corrected chi connectivity index (χ2v) is 5.91. The Kier molecular flexibility index (Phi) is 7.30. The fourth-order valence-corrected chi connectivity index (χ4v) is 2.29. The molecule has 1 heterocycles. The standard InChI is InChI=1S/C19H23N5O2/c1-14-5-7-16(8-6-14)10-18(23-15(2)25)19(26)24-22-13-21-12-17-4-3-9-20-11-17/h3-9,11,13,18H,10,12H2,1-2H3,(H,21,22)(H,23,25)(H,24,26)/t18-/m0/s1. The molecular formula is C19H23N5O2. The number of nitrogens with zero attached hydrogens (tertiary/aromatic N) is 2. The van der Waals surface area contributed by atoms with Crippen LogP contribution in [0.1, 0.15) is 23.6 Å². The van der Waals surface area contributed by atoms with E-state index in [1.54, 1.807) is 12.4 Å². The summed E-state index contributed by atoms with van der Waals surface area (Å²) in [7, 11) is 0. The third kappa shape index (κ3) is 6.72. The first kappa shape index (κ1) is 19.1. The summed E-state index contributed by atoms with van der Waals surface area (Å²) in [5, 5.41) is 2.67. The lowest BCUT2D eigenvalue weighted by atomic mass is 10.0. The topological polar surface area (TPSA) is 95.5 Å². The lowest BCUT2D eigenvalue weighted by molar-refractivity contribution is -0.128. The van der Waals surface area contributed by atoms with Crippen LogP contribution in [0.3, 0.4) is 0 Å². The minimum absolute atomic E-state index is 0.262. The molecule has 0 radical (unpaired) electrons. The van der Waals surface area contributed by atoms with Crippen molar-refractivity contribution >= 4 is 18.2 Å². The van der Waals surface area contributed by atoms with Gasteiger partial charge in [0.05, 0.1) is 6.54 Å². The van der Waals surface area contributed by atoms with Gasteiger partial charge in [-0.3, -0.25) is 30.4 Å². The minimum Gasteiger partial charge on any atom is -0.344 e. The van der Waals surface area contributed by atoms with Gasteiger partial charge < -0.3 is 5.32 Å². The highest BCUT2D eigenvalue weighted by molar-refractivity contribution is 5.87.